The number of ether oxygens (including phenoxy) is 3. The summed E-state index contributed by atoms with van der Waals surface area (Å²) in [5.41, 5.74) is 7.38. The van der Waals surface area contributed by atoms with E-state index in [1.807, 2.05) is 6.07 Å². The van der Waals surface area contributed by atoms with Crippen LogP contribution in [0.3, 0.4) is 0 Å². The van der Waals surface area contributed by atoms with Gasteiger partial charge in [-0.2, -0.15) is 0 Å². The van der Waals surface area contributed by atoms with E-state index in [1.54, 1.807) is 13.2 Å². The lowest BCUT2D eigenvalue weighted by Crippen LogP contribution is -2.00. The average Bonchev–Trinajstić information content (AvgIpc) is 2.43. The molecule has 0 spiro atoms. The number of methoxy groups -OCH3 is 1. The molecule has 0 saturated heterocycles. The molecule has 0 aliphatic carbocycles. The first-order valence-corrected chi connectivity index (χ1v) is 4.98. The molecule has 2 N–H and O–H groups in total. The largest absolute Gasteiger partial charge is 0.489 e. The van der Waals surface area contributed by atoms with Gasteiger partial charge in [-0.25, -0.2) is 0 Å². The normalized spacial score (nSPS) is 14.7. The van der Waals surface area contributed by atoms with Crippen molar-refractivity contribution in [2.24, 2.45) is 0 Å². The second kappa shape index (κ2) is 4.40. The highest BCUT2D eigenvalue weighted by Gasteiger charge is 2.15. The predicted molar refractivity (Wildman–Crippen MR) is 57.2 cm³/mol. The zero-order valence-electron chi connectivity index (χ0n) is 8.79. The van der Waals surface area contributed by atoms with Crippen LogP contribution in [0.1, 0.15) is 12.0 Å². The van der Waals surface area contributed by atoms with Crippen molar-refractivity contribution >= 4 is 5.69 Å². The second-order valence-electron chi connectivity index (χ2n) is 3.49. The Morgan fingerprint density at radius 2 is 2.13 bits per heavy atom. The summed E-state index contributed by atoms with van der Waals surface area (Å²) in [7, 11) is 1.65. The number of nitrogens with two attached hydrogens (primary N) is 1. The molecule has 0 saturated carbocycles. The van der Waals surface area contributed by atoms with Gasteiger partial charge in [-0.1, -0.05) is 0 Å². The minimum Gasteiger partial charge on any atom is -0.489 e. The van der Waals surface area contributed by atoms with Gasteiger partial charge >= 0.3 is 0 Å². The number of hydrogen-bond donors (Lipinski definition) is 1. The molecule has 1 aromatic rings. The van der Waals surface area contributed by atoms with Crippen LogP contribution in [0.25, 0.3) is 0 Å². The molecule has 1 heterocycles. The number of fused-ring (bicyclic) bond motifs is 1. The van der Waals surface area contributed by atoms with E-state index in [9.17, 15) is 0 Å². The molecule has 0 radical (unpaired) electrons. The monoisotopic (exact) mass is 209 g/mol. The number of benzene rings is 1. The lowest BCUT2D eigenvalue weighted by atomic mass is 10.1. The summed E-state index contributed by atoms with van der Waals surface area (Å²) in [4.78, 5) is 0. The van der Waals surface area contributed by atoms with Gasteiger partial charge in [0.15, 0.2) is 11.5 Å². The van der Waals surface area contributed by atoms with Gasteiger partial charge < -0.3 is 19.9 Å². The maximum Gasteiger partial charge on any atom is 0.166 e. The molecule has 0 bridgehead atoms. The Bertz CT molecular complexity index is 352. The molecule has 4 heteroatoms. The third-order valence-corrected chi connectivity index (χ3v) is 2.25. The van der Waals surface area contributed by atoms with Crippen molar-refractivity contribution in [3.63, 3.8) is 0 Å². The summed E-state index contributed by atoms with van der Waals surface area (Å²) in [5.74, 6) is 1.49. The van der Waals surface area contributed by atoms with Crippen LogP contribution in [0.2, 0.25) is 0 Å². The summed E-state index contributed by atoms with van der Waals surface area (Å²) in [5, 5.41) is 0. The number of rotatable bonds is 2. The third-order valence-electron chi connectivity index (χ3n) is 2.25. The SMILES string of the molecule is COCc1cc(N)cc2c1OCCCO2. The highest BCUT2D eigenvalue weighted by molar-refractivity contribution is 5.57. The lowest BCUT2D eigenvalue weighted by Gasteiger charge is -2.12. The van der Waals surface area contributed by atoms with E-state index in [-0.39, 0.29) is 0 Å². The van der Waals surface area contributed by atoms with Gasteiger partial charge in [-0.15, -0.1) is 0 Å². The van der Waals surface area contributed by atoms with Crippen LogP contribution in [0.15, 0.2) is 12.1 Å². The highest BCUT2D eigenvalue weighted by Crippen LogP contribution is 2.36. The van der Waals surface area contributed by atoms with E-state index in [2.05, 4.69) is 0 Å². The topological polar surface area (TPSA) is 53.7 Å². The van der Waals surface area contributed by atoms with Crippen molar-refractivity contribution < 1.29 is 14.2 Å². The van der Waals surface area contributed by atoms with Gasteiger partial charge in [-0.05, 0) is 6.07 Å². The maximum absolute atomic E-state index is 5.77. The molecule has 0 unspecified atom stereocenters. The molecular formula is C11H15NO3. The minimum absolute atomic E-state index is 0.483. The van der Waals surface area contributed by atoms with Crippen molar-refractivity contribution in [1.82, 2.24) is 0 Å². The number of hydrogen-bond acceptors (Lipinski definition) is 4. The van der Waals surface area contributed by atoms with E-state index in [1.165, 1.54) is 0 Å². The van der Waals surface area contributed by atoms with E-state index in [0.29, 0.717) is 25.5 Å². The minimum atomic E-state index is 0.483. The van der Waals surface area contributed by atoms with E-state index >= 15 is 0 Å². The molecule has 2 rings (SSSR count). The first-order chi connectivity index (χ1) is 7.31. The van der Waals surface area contributed by atoms with Crippen molar-refractivity contribution in [3.8, 4) is 11.5 Å². The van der Waals surface area contributed by atoms with Crippen LogP contribution in [0, 0.1) is 0 Å². The van der Waals surface area contributed by atoms with Crippen molar-refractivity contribution in [2.45, 2.75) is 13.0 Å². The molecule has 1 aliphatic heterocycles. The Morgan fingerprint density at radius 3 is 2.93 bits per heavy atom. The Labute approximate surface area is 88.9 Å². The molecule has 1 aromatic carbocycles. The van der Waals surface area contributed by atoms with E-state index in [4.69, 9.17) is 19.9 Å². The van der Waals surface area contributed by atoms with Gasteiger partial charge in [0.2, 0.25) is 0 Å². The molecular weight excluding hydrogens is 194 g/mol. The highest BCUT2D eigenvalue weighted by atomic mass is 16.5. The van der Waals surface area contributed by atoms with Crippen LogP contribution in [0.5, 0.6) is 11.5 Å². The first-order valence-electron chi connectivity index (χ1n) is 4.98. The molecule has 82 valence electrons. The molecule has 0 amide bonds. The Balaban J connectivity index is 2.40. The summed E-state index contributed by atoms with van der Waals surface area (Å²) in [6.45, 7) is 1.83. The average molecular weight is 209 g/mol. The molecule has 1 aliphatic rings. The van der Waals surface area contributed by atoms with E-state index < -0.39 is 0 Å². The zero-order chi connectivity index (χ0) is 10.7. The maximum atomic E-state index is 5.77. The zero-order valence-corrected chi connectivity index (χ0v) is 8.79. The Hall–Kier alpha value is -1.42. The quantitative estimate of drug-likeness (QED) is 0.751. The number of nitrogen functional groups attached to an aromatic ring is 1. The van der Waals surface area contributed by atoms with Crippen LogP contribution < -0.4 is 15.2 Å². The van der Waals surface area contributed by atoms with Gasteiger partial charge in [-0.3, -0.25) is 0 Å². The summed E-state index contributed by atoms with van der Waals surface area (Å²) >= 11 is 0. The van der Waals surface area contributed by atoms with Crippen LogP contribution >= 0.6 is 0 Å². The van der Waals surface area contributed by atoms with Gasteiger partial charge in [0.25, 0.3) is 0 Å². The van der Waals surface area contributed by atoms with Crippen LogP contribution in [-0.4, -0.2) is 20.3 Å². The first kappa shape index (κ1) is 10.1. The fraction of sp³-hybridized carbons (Fsp3) is 0.455. The van der Waals surface area contributed by atoms with Crippen LogP contribution in [0.4, 0.5) is 5.69 Å². The summed E-state index contributed by atoms with van der Waals surface area (Å²) < 4.78 is 16.3. The molecule has 0 fully saturated rings. The summed E-state index contributed by atoms with van der Waals surface area (Å²) in [6, 6.07) is 3.65. The Kier molecular flexibility index (Phi) is 2.97. The fourth-order valence-electron chi connectivity index (χ4n) is 1.63. The van der Waals surface area contributed by atoms with Crippen LogP contribution in [-0.2, 0) is 11.3 Å². The summed E-state index contributed by atoms with van der Waals surface area (Å²) in [6.07, 6.45) is 0.890. The Morgan fingerprint density at radius 1 is 1.33 bits per heavy atom. The van der Waals surface area contributed by atoms with Crippen molar-refractivity contribution in [3.05, 3.63) is 17.7 Å². The predicted octanol–water partition coefficient (Wildman–Crippen LogP) is 1.58. The molecule has 4 nitrogen and oxygen atoms in total. The van der Waals surface area contributed by atoms with E-state index in [0.717, 1.165) is 23.5 Å². The molecule has 0 atom stereocenters. The number of anilines is 1. The lowest BCUT2D eigenvalue weighted by molar-refractivity contribution is 0.180. The standard InChI is InChI=1S/C11H15NO3/c1-13-7-8-5-9(12)6-10-11(8)15-4-2-3-14-10/h5-6H,2-4,7,12H2,1H3. The smallest absolute Gasteiger partial charge is 0.166 e. The van der Waals surface area contributed by atoms with Crippen molar-refractivity contribution in [2.75, 3.05) is 26.1 Å². The van der Waals surface area contributed by atoms with Gasteiger partial charge in [0, 0.05) is 30.8 Å². The fourth-order valence-corrected chi connectivity index (χ4v) is 1.63. The molecule has 0 aromatic heterocycles. The second-order valence-corrected chi connectivity index (χ2v) is 3.49. The van der Waals surface area contributed by atoms with Crippen molar-refractivity contribution in [1.29, 1.82) is 0 Å². The van der Waals surface area contributed by atoms with Gasteiger partial charge in [0.05, 0.1) is 19.8 Å². The van der Waals surface area contributed by atoms with Gasteiger partial charge in [0.1, 0.15) is 0 Å². The third kappa shape index (κ3) is 2.15. The molecule has 15 heavy (non-hydrogen) atoms.